The third-order valence-corrected chi connectivity index (χ3v) is 7.15. The van der Waals surface area contributed by atoms with Crippen molar-refractivity contribution in [3.63, 3.8) is 0 Å². The molecule has 3 nitrogen and oxygen atoms in total. The number of rotatable bonds is 4. The second kappa shape index (κ2) is 6.74. The van der Waals surface area contributed by atoms with Crippen molar-refractivity contribution in [1.82, 2.24) is 4.90 Å². The minimum atomic E-state index is -0.707. The zero-order valence-electron chi connectivity index (χ0n) is 9.57. The van der Waals surface area contributed by atoms with Gasteiger partial charge in [0.2, 0.25) is 0 Å². The summed E-state index contributed by atoms with van der Waals surface area (Å²) in [7, 11) is 0. The van der Waals surface area contributed by atoms with Crippen molar-refractivity contribution in [3.05, 3.63) is 19.2 Å². The van der Waals surface area contributed by atoms with Crippen LogP contribution in [-0.4, -0.2) is 40.1 Å². The zero-order valence-corrected chi connectivity index (χ0v) is 14.4. The van der Waals surface area contributed by atoms with E-state index >= 15 is 0 Å². The highest BCUT2D eigenvalue weighted by atomic mass is 79.9. The summed E-state index contributed by atoms with van der Waals surface area (Å²) < 4.78 is 2.17. The molecule has 1 unspecified atom stereocenters. The third kappa shape index (κ3) is 3.96. The van der Waals surface area contributed by atoms with Gasteiger partial charge in [-0.25, -0.2) is 0 Å². The molecule has 0 bridgehead atoms. The van der Waals surface area contributed by atoms with Gasteiger partial charge in [0.25, 0.3) is 0 Å². The van der Waals surface area contributed by atoms with Crippen LogP contribution in [0.2, 0.25) is 0 Å². The van der Waals surface area contributed by atoms with E-state index in [1.54, 1.807) is 11.3 Å². The largest absolute Gasteiger partial charge is 0.481 e. The van der Waals surface area contributed by atoms with Crippen molar-refractivity contribution in [2.45, 2.75) is 19.0 Å². The van der Waals surface area contributed by atoms with Crippen molar-refractivity contribution in [2.24, 2.45) is 0 Å². The van der Waals surface area contributed by atoms with Crippen molar-refractivity contribution in [2.75, 3.05) is 18.1 Å². The van der Waals surface area contributed by atoms with Crippen LogP contribution in [0.4, 0.5) is 0 Å². The van der Waals surface area contributed by atoms with Crippen molar-refractivity contribution in [1.29, 1.82) is 0 Å². The number of thioether (sulfide) groups is 1. The van der Waals surface area contributed by atoms with E-state index in [0.717, 1.165) is 32.9 Å². The van der Waals surface area contributed by atoms with Gasteiger partial charge < -0.3 is 5.11 Å². The van der Waals surface area contributed by atoms with E-state index in [-0.39, 0.29) is 12.5 Å². The molecule has 1 atom stereocenters. The molecule has 1 saturated heterocycles. The summed E-state index contributed by atoms with van der Waals surface area (Å²) in [6.45, 7) is 1.81. The Morgan fingerprint density at radius 1 is 1.56 bits per heavy atom. The topological polar surface area (TPSA) is 40.5 Å². The number of carboxylic acids is 1. The predicted molar refractivity (Wildman–Crippen MR) is 83.5 cm³/mol. The van der Waals surface area contributed by atoms with Crippen LogP contribution in [0.1, 0.15) is 11.3 Å². The molecule has 1 N–H and O–H groups in total. The minimum absolute atomic E-state index is 0.154. The number of halogens is 2. The van der Waals surface area contributed by atoms with Gasteiger partial charge in [-0.3, -0.25) is 9.69 Å². The molecule has 100 valence electrons. The molecule has 1 aromatic heterocycles. The number of thiophene rings is 1. The summed E-state index contributed by atoms with van der Waals surface area (Å²) in [4.78, 5) is 14.4. The molecule has 18 heavy (non-hydrogen) atoms. The molecule has 0 aromatic carbocycles. The molecule has 1 aliphatic heterocycles. The number of hydrogen-bond acceptors (Lipinski definition) is 4. The SMILES string of the molecule is O=C(O)CC1CSCCN1Cc1cc(Br)c(Br)s1. The van der Waals surface area contributed by atoms with Gasteiger partial charge in [-0.2, -0.15) is 11.8 Å². The van der Waals surface area contributed by atoms with Crippen LogP contribution in [0.3, 0.4) is 0 Å². The standard InChI is InChI=1S/C11H13Br2NO2S2/c12-9-4-8(18-11(9)13)5-14-1-2-17-6-7(14)3-10(15)16/h4,7H,1-3,5-6H2,(H,15,16). The number of hydrogen-bond donors (Lipinski definition) is 1. The molecule has 0 saturated carbocycles. The van der Waals surface area contributed by atoms with Gasteiger partial charge >= 0.3 is 5.97 Å². The van der Waals surface area contributed by atoms with Crippen LogP contribution >= 0.6 is 55.0 Å². The number of nitrogens with zero attached hydrogens (tertiary/aromatic N) is 1. The summed E-state index contributed by atoms with van der Waals surface area (Å²) in [6, 6.07) is 2.26. The van der Waals surface area contributed by atoms with Crippen LogP contribution in [0, 0.1) is 0 Å². The summed E-state index contributed by atoms with van der Waals surface area (Å²) in [6.07, 6.45) is 0.237. The smallest absolute Gasteiger partial charge is 0.304 e. The first-order valence-electron chi connectivity index (χ1n) is 5.53. The molecule has 0 radical (unpaired) electrons. The maximum absolute atomic E-state index is 10.9. The maximum Gasteiger partial charge on any atom is 0.304 e. The fourth-order valence-electron chi connectivity index (χ4n) is 1.96. The zero-order chi connectivity index (χ0) is 13.1. The molecule has 0 aliphatic carbocycles. The van der Waals surface area contributed by atoms with E-state index in [0.29, 0.717) is 0 Å². The van der Waals surface area contributed by atoms with E-state index in [1.165, 1.54) is 4.88 Å². The van der Waals surface area contributed by atoms with E-state index in [9.17, 15) is 4.79 Å². The molecular weight excluding hydrogens is 402 g/mol. The first-order chi connectivity index (χ1) is 8.56. The molecule has 7 heteroatoms. The Hall–Kier alpha value is 0.440. The molecule has 0 amide bonds. The lowest BCUT2D eigenvalue weighted by atomic mass is 10.2. The highest BCUT2D eigenvalue weighted by Crippen LogP contribution is 2.34. The second-order valence-corrected chi connectivity index (χ2v) is 8.59. The Morgan fingerprint density at radius 2 is 2.33 bits per heavy atom. The molecule has 2 rings (SSSR count). The predicted octanol–water partition coefficient (Wildman–Crippen LogP) is 3.67. The van der Waals surface area contributed by atoms with Gasteiger partial charge in [0.15, 0.2) is 0 Å². The van der Waals surface area contributed by atoms with E-state index in [1.807, 2.05) is 11.8 Å². The molecule has 1 aromatic rings. The van der Waals surface area contributed by atoms with Crippen molar-refractivity contribution < 1.29 is 9.90 Å². The van der Waals surface area contributed by atoms with Gasteiger partial charge in [0.05, 0.1) is 10.2 Å². The number of aliphatic carboxylic acids is 1. The fourth-order valence-corrected chi connectivity index (χ4v) is 5.29. The Kier molecular flexibility index (Phi) is 5.56. The van der Waals surface area contributed by atoms with Gasteiger partial charge in [-0.1, -0.05) is 0 Å². The van der Waals surface area contributed by atoms with Crippen molar-refractivity contribution >= 4 is 60.9 Å². The number of carbonyl (C=O) groups is 1. The lowest BCUT2D eigenvalue weighted by Crippen LogP contribution is -2.42. The highest BCUT2D eigenvalue weighted by molar-refractivity contribution is 9.13. The maximum atomic E-state index is 10.9. The Bertz CT molecular complexity index is 419. The van der Waals surface area contributed by atoms with Gasteiger partial charge in [0.1, 0.15) is 0 Å². The average molecular weight is 415 g/mol. The summed E-state index contributed by atoms with van der Waals surface area (Å²) >= 11 is 10.5. The Balaban J connectivity index is 2.02. The number of carboxylic acid groups (broad SMARTS) is 1. The highest BCUT2D eigenvalue weighted by Gasteiger charge is 2.25. The Morgan fingerprint density at radius 3 is 2.94 bits per heavy atom. The Labute approximate surface area is 131 Å². The van der Waals surface area contributed by atoms with Crippen molar-refractivity contribution in [3.8, 4) is 0 Å². The summed E-state index contributed by atoms with van der Waals surface area (Å²) in [5, 5.41) is 8.95. The third-order valence-electron chi connectivity index (χ3n) is 2.81. The van der Waals surface area contributed by atoms with Crippen LogP contribution in [0.15, 0.2) is 14.3 Å². The first kappa shape index (κ1) is 14.8. The molecule has 0 spiro atoms. The van der Waals surface area contributed by atoms with E-state index in [2.05, 4.69) is 42.8 Å². The monoisotopic (exact) mass is 413 g/mol. The second-order valence-electron chi connectivity index (χ2n) is 4.13. The lowest BCUT2D eigenvalue weighted by Gasteiger charge is -2.34. The molecule has 2 heterocycles. The summed E-state index contributed by atoms with van der Waals surface area (Å²) in [5.74, 6) is 1.30. The fraction of sp³-hybridized carbons (Fsp3) is 0.545. The summed E-state index contributed by atoms with van der Waals surface area (Å²) in [5.41, 5.74) is 0. The minimum Gasteiger partial charge on any atom is -0.481 e. The van der Waals surface area contributed by atoms with Crippen LogP contribution in [0.5, 0.6) is 0 Å². The van der Waals surface area contributed by atoms with Gasteiger partial charge in [-0.05, 0) is 37.9 Å². The quantitative estimate of drug-likeness (QED) is 0.815. The van der Waals surface area contributed by atoms with E-state index in [4.69, 9.17) is 5.11 Å². The molecule has 1 aliphatic rings. The average Bonchev–Trinajstić information content (AvgIpc) is 2.60. The van der Waals surface area contributed by atoms with Gasteiger partial charge in [-0.15, -0.1) is 11.3 Å². The molecular formula is C11H13Br2NO2S2. The van der Waals surface area contributed by atoms with Crippen LogP contribution < -0.4 is 0 Å². The van der Waals surface area contributed by atoms with Crippen LogP contribution in [-0.2, 0) is 11.3 Å². The normalized spacial score (nSPS) is 21.1. The molecule has 1 fully saturated rings. The van der Waals surface area contributed by atoms with Gasteiger partial charge in [0, 0.05) is 40.0 Å². The van der Waals surface area contributed by atoms with Crippen LogP contribution in [0.25, 0.3) is 0 Å². The van der Waals surface area contributed by atoms with E-state index < -0.39 is 5.97 Å². The first-order valence-corrected chi connectivity index (χ1v) is 9.09. The lowest BCUT2D eigenvalue weighted by molar-refractivity contribution is -0.138.